The van der Waals surface area contributed by atoms with Crippen molar-refractivity contribution in [2.45, 2.75) is 6.92 Å². The minimum absolute atomic E-state index is 0.140. The normalized spacial score (nSPS) is 9.65. The Bertz CT molecular complexity index is 578. The summed E-state index contributed by atoms with van der Waals surface area (Å²) in [6.07, 6.45) is 5.25. The van der Waals surface area contributed by atoms with E-state index in [1.807, 2.05) is 6.92 Å². The molecule has 2 rings (SSSR count). The molecule has 0 aliphatic carbocycles. The predicted octanol–water partition coefficient (Wildman–Crippen LogP) is 2.69. The third-order valence-electron chi connectivity index (χ3n) is 2.26. The minimum atomic E-state index is -0.140. The van der Waals surface area contributed by atoms with Gasteiger partial charge in [0.1, 0.15) is 4.88 Å². The molecule has 0 atom stereocenters. The van der Waals surface area contributed by atoms with E-state index in [0.717, 1.165) is 16.9 Å². The first-order chi connectivity index (χ1) is 8.20. The summed E-state index contributed by atoms with van der Waals surface area (Å²) in [5.74, 6) is 2.38. The molecule has 3 nitrogen and oxygen atoms in total. The summed E-state index contributed by atoms with van der Waals surface area (Å²) in [6.45, 7) is 1.81. The molecule has 1 heterocycles. The molecule has 1 N–H and O–H groups in total. The van der Waals surface area contributed by atoms with Gasteiger partial charge in [-0.05, 0) is 31.2 Å². The number of carbonyl (C=O) groups is 1. The lowest BCUT2D eigenvalue weighted by Crippen LogP contribution is -2.11. The monoisotopic (exact) mass is 242 g/mol. The largest absolute Gasteiger partial charge is 0.321 e. The molecule has 0 fully saturated rings. The average Bonchev–Trinajstić information content (AvgIpc) is 2.76. The quantitative estimate of drug-likeness (QED) is 0.823. The van der Waals surface area contributed by atoms with Gasteiger partial charge in [0.25, 0.3) is 5.91 Å². The molecule has 0 spiro atoms. The predicted molar refractivity (Wildman–Crippen MR) is 69.2 cm³/mol. The third kappa shape index (κ3) is 2.52. The molecule has 0 saturated heterocycles. The molecule has 84 valence electrons. The summed E-state index contributed by atoms with van der Waals surface area (Å²) in [7, 11) is 0. The molecule has 17 heavy (non-hydrogen) atoms. The maximum atomic E-state index is 11.9. The van der Waals surface area contributed by atoms with E-state index >= 15 is 0 Å². The summed E-state index contributed by atoms with van der Waals surface area (Å²) in [4.78, 5) is 16.5. The van der Waals surface area contributed by atoms with Crippen LogP contribution in [0.15, 0.2) is 29.8 Å². The van der Waals surface area contributed by atoms with Crippen LogP contribution in [0.2, 0.25) is 0 Å². The van der Waals surface area contributed by atoms with Gasteiger partial charge in [0.15, 0.2) is 0 Å². The Balaban J connectivity index is 2.14. The molecule has 1 aromatic carbocycles. The molecule has 0 bridgehead atoms. The maximum absolute atomic E-state index is 11.9. The van der Waals surface area contributed by atoms with Gasteiger partial charge in [-0.3, -0.25) is 4.79 Å². The highest BCUT2D eigenvalue weighted by molar-refractivity contribution is 7.12. The van der Waals surface area contributed by atoms with Crippen LogP contribution >= 0.6 is 11.3 Å². The summed E-state index contributed by atoms with van der Waals surface area (Å²) in [5, 5.41) is 2.80. The van der Waals surface area contributed by atoms with Crippen LogP contribution in [0, 0.1) is 19.3 Å². The van der Waals surface area contributed by atoms with Crippen molar-refractivity contribution in [1.29, 1.82) is 0 Å². The molecule has 2 aromatic rings. The van der Waals surface area contributed by atoms with Gasteiger partial charge in [-0.25, -0.2) is 4.98 Å². The number of hydrogen-bond acceptors (Lipinski definition) is 3. The van der Waals surface area contributed by atoms with Crippen molar-refractivity contribution in [3.05, 3.63) is 45.9 Å². The van der Waals surface area contributed by atoms with Gasteiger partial charge in [-0.15, -0.1) is 17.8 Å². The van der Waals surface area contributed by atoms with Gasteiger partial charge in [0.05, 0.1) is 11.2 Å². The van der Waals surface area contributed by atoms with Gasteiger partial charge >= 0.3 is 0 Å². The third-order valence-corrected chi connectivity index (χ3v) is 3.19. The molecule has 4 heteroatoms. The van der Waals surface area contributed by atoms with Crippen molar-refractivity contribution in [1.82, 2.24) is 4.98 Å². The van der Waals surface area contributed by atoms with Crippen LogP contribution in [0.1, 0.15) is 20.9 Å². The summed E-state index contributed by atoms with van der Waals surface area (Å²) in [6, 6.07) is 7.14. The fraction of sp³-hybridized carbons (Fsp3) is 0.0769. The molecule has 1 aromatic heterocycles. The lowest BCUT2D eigenvalue weighted by atomic mass is 10.2. The molecule has 1 amide bonds. The highest BCUT2D eigenvalue weighted by Gasteiger charge is 2.11. The van der Waals surface area contributed by atoms with Crippen molar-refractivity contribution in [2.24, 2.45) is 0 Å². The fourth-order valence-corrected chi connectivity index (χ4v) is 2.06. The Hall–Kier alpha value is -2.12. The van der Waals surface area contributed by atoms with E-state index in [4.69, 9.17) is 6.42 Å². The minimum Gasteiger partial charge on any atom is -0.321 e. The lowest BCUT2D eigenvalue weighted by Gasteiger charge is -2.03. The number of amides is 1. The molecule has 0 unspecified atom stereocenters. The summed E-state index contributed by atoms with van der Waals surface area (Å²) >= 11 is 1.33. The van der Waals surface area contributed by atoms with Crippen molar-refractivity contribution >= 4 is 22.9 Å². The SMILES string of the molecule is C#Cc1ccc(NC(=O)c2scnc2C)cc1. The highest BCUT2D eigenvalue weighted by atomic mass is 32.1. The number of aromatic nitrogens is 1. The van der Waals surface area contributed by atoms with Gasteiger partial charge in [-0.2, -0.15) is 0 Å². The van der Waals surface area contributed by atoms with E-state index in [9.17, 15) is 4.79 Å². The number of nitrogens with zero attached hydrogens (tertiary/aromatic N) is 1. The standard InChI is InChI=1S/C13H10N2OS/c1-3-10-4-6-11(7-5-10)15-13(16)12-9(2)14-8-17-12/h1,4-8H,2H3,(H,15,16). The second-order valence-electron chi connectivity index (χ2n) is 3.44. The van der Waals surface area contributed by atoms with E-state index in [1.54, 1.807) is 29.8 Å². The number of anilines is 1. The van der Waals surface area contributed by atoms with Crippen LogP contribution in [-0.2, 0) is 0 Å². The smallest absolute Gasteiger partial charge is 0.267 e. The zero-order chi connectivity index (χ0) is 12.3. The number of hydrogen-bond donors (Lipinski definition) is 1. The highest BCUT2D eigenvalue weighted by Crippen LogP contribution is 2.15. The maximum Gasteiger partial charge on any atom is 0.267 e. The Labute approximate surface area is 104 Å². The first-order valence-electron chi connectivity index (χ1n) is 4.99. The number of thiazole rings is 1. The number of terminal acetylenes is 1. The van der Waals surface area contributed by atoms with E-state index in [1.165, 1.54) is 11.3 Å². The van der Waals surface area contributed by atoms with Crippen LogP contribution in [0.3, 0.4) is 0 Å². The van der Waals surface area contributed by atoms with E-state index in [-0.39, 0.29) is 5.91 Å². The van der Waals surface area contributed by atoms with Crippen LogP contribution in [0.25, 0.3) is 0 Å². The van der Waals surface area contributed by atoms with Crippen LogP contribution in [-0.4, -0.2) is 10.9 Å². The fourth-order valence-electron chi connectivity index (χ4n) is 1.36. The molecular formula is C13H10N2OS. The van der Waals surface area contributed by atoms with Gasteiger partial charge < -0.3 is 5.32 Å². The molecule has 0 aliphatic rings. The van der Waals surface area contributed by atoms with Gasteiger partial charge in [0.2, 0.25) is 0 Å². The Morgan fingerprint density at radius 1 is 1.41 bits per heavy atom. The van der Waals surface area contributed by atoms with Crippen molar-refractivity contribution in [3.63, 3.8) is 0 Å². The zero-order valence-electron chi connectivity index (χ0n) is 9.23. The van der Waals surface area contributed by atoms with Crippen LogP contribution in [0.5, 0.6) is 0 Å². The average molecular weight is 242 g/mol. The van der Waals surface area contributed by atoms with E-state index in [2.05, 4.69) is 16.2 Å². The summed E-state index contributed by atoms with van der Waals surface area (Å²) in [5.41, 5.74) is 3.91. The van der Waals surface area contributed by atoms with Gasteiger partial charge in [-0.1, -0.05) is 5.92 Å². The number of benzene rings is 1. The number of aryl methyl sites for hydroxylation is 1. The van der Waals surface area contributed by atoms with Crippen LogP contribution in [0.4, 0.5) is 5.69 Å². The number of nitrogens with one attached hydrogen (secondary N) is 1. The molecule has 0 aliphatic heterocycles. The van der Waals surface area contributed by atoms with Crippen LogP contribution < -0.4 is 5.32 Å². The number of rotatable bonds is 2. The first-order valence-corrected chi connectivity index (χ1v) is 5.87. The summed E-state index contributed by atoms with van der Waals surface area (Å²) < 4.78 is 0. The lowest BCUT2D eigenvalue weighted by molar-refractivity contribution is 0.103. The van der Waals surface area contributed by atoms with Crippen molar-refractivity contribution < 1.29 is 4.79 Å². The Morgan fingerprint density at radius 2 is 2.12 bits per heavy atom. The molecular weight excluding hydrogens is 232 g/mol. The zero-order valence-corrected chi connectivity index (χ0v) is 10.0. The first kappa shape index (κ1) is 11.4. The molecule has 0 saturated carbocycles. The second-order valence-corrected chi connectivity index (χ2v) is 4.30. The van der Waals surface area contributed by atoms with Gasteiger partial charge in [0, 0.05) is 11.3 Å². The van der Waals surface area contributed by atoms with E-state index in [0.29, 0.717) is 4.88 Å². The second kappa shape index (κ2) is 4.81. The topological polar surface area (TPSA) is 42.0 Å². The number of carbonyl (C=O) groups excluding carboxylic acids is 1. The Kier molecular flexibility index (Phi) is 3.22. The van der Waals surface area contributed by atoms with Crippen molar-refractivity contribution in [3.8, 4) is 12.3 Å². The molecule has 0 radical (unpaired) electrons. The Morgan fingerprint density at radius 3 is 2.65 bits per heavy atom. The van der Waals surface area contributed by atoms with E-state index < -0.39 is 0 Å². The van der Waals surface area contributed by atoms with Crippen molar-refractivity contribution in [2.75, 3.05) is 5.32 Å².